The molecule has 2 aliphatic rings. The molecular weight excluding hydrogens is 264 g/mol. The molecule has 0 atom stereocenters. The Hall–Kier alpha value is -1.34. The minimum Gasteiger partial charge on any atom is -0.382 e. The number of carbonyl (C=O) groups excluding carboxylic acids is 1. The van der Waals surface area contributed by atoms with Gasteiger partial charge in [-0.1, -0.05) is 11.3 Å². The highest BCUT2D eigenvalue weighted by atomic mass is 32.1. The van der Waals surface area contributed by atoms with Crippen molar-refractivity contribution < 1.29 is 9.53 Å². The molecule has 1 amide bonds. The highest BCUT2D eigenvalue weighted by molar-refractivity contribution is 7.18. The molecule has 0 aliphatic carbocycles. The minimum absolute atomic E-state index is 0.0104. The smallest absolute Gasteiger partial charge is 0.268 e. The van der Waals surface area contributed by atoms with Crippen LogP contribution in [0, 0.1) is 0 Å². The normalized spacial score (nSPS) is 20.0. The molecule has 0 unspecified atom stereocenters. The van der Waals surface area contributed by atoms with Crippen LogP contribution in [0.1, 0.15) is 22.5 Å². The number of nitrogens with zero attached hydrogens (tertiary/aromatic N) is 3. The van der Waals surface area contributed by atoms with E-state index in [2.05, 4.69) is 9.88 Å². The number of nitrogens with two attached hydrogens (primary N) is 1. The quantitative estimate of drug-likeness (QED) is 0.868. The molecule has 6 nitrogen and oxygen atoms in total. The average Bonchev–Trinajstić information content (AvgIpc) is 3.08. The molecule has 19 heavy (non-hydrogen) atoms. The molecule has 3 rings (SSSR count). The Balaban J connectivity index is 1.77. The first-order valence-electron chi connectivity index (χ1n) is 6.64. The highest BCUT2D eigenvalue weighted by Gasteiger charge is 2.25. The largest absolute Gasteiger partial charge is 0.382 e. The molecule has 0 bridgehead atoms. The first-order chi connectivity index (χ1) is 9.25. The van der Waals surface area contributed by atoms with Gasteiger partial charge < -0.3 is 20.3 Å². The van der Waals surface area contributed by atoms with Crippen LogP contribution < -0.4 is 10.6 Å². The molecule has 2 fully saturated rings. The summed E-state index contributed by atoms with van der Waals surface area (Å²) < 4.78 is 5.26. The summed E-state index contributed by atoms with van der Waals surface area (Å²) in [4.78, 5) is 21.3. The van der Waals surface area contributed by atoms with Gasteiger partial charge in [-0.25, -0.2) is 4.98 Å². The Labute approximate surface area is 116 Å². The number of thiazole rings is 1. The van der Waals surface area contributed by atoms with E-state index in [0.717, 1.165) is 18.2 Å². The summed E-state index contributed by atoms with van der Waals surface area (Å²) in [7, 11) is 0. The van der Waals surface area contributed by atoms with E-state index in [1.54, 1.807) is 4.90 Å². The van der Waals surface area contributed by atoms with Crippen LogP contribution in [0.15, 0.2) is 0 Å². The molecule has 0 saturated carbocycles. The predicted molar refractivity (Wildman–Crippen MR) is 74.7 cm³/mol. The first kappa shape index (κ1) is 12.7. The molecule has 0 spiro atoms. The van der Waals surface area contributed by atoms with E-state index in [4.69, 9.17) is 10.5 Å². The Kier molecular flexibility index (Phi) is 3.56. The van der Waals surface area contributed by atoms with Crippen LogP contribution in [-0.2, 0) is 4.74 Å². The molecule has 1 aromatic rings. The van der Waals surface area contributed by atoms with Crippen molar-refractivity contribution >= 4 is 28.2 Å². The standard InChI is InChI=1S/C12H18N4O2S/c13-10-9(11(17)15-5-7-18-8-6-15)19-12(14-10)16-3-1-2-4-16/h1-8,13H2. The summed E-state index contributed by atoms with van der Waals surface area (Å²) in [6.07, 6.45) is 2.37. The van der Waals surface area contributed by atoms with E-state index in [1.165, 1.54) is 24.2 Å². The van der Waals surface area contributed by atoms with E-state index >= 15 is 0 Å². The van der Waals surface area contributed by atoms with Crippen LogP contribution in [0.4, 0.5) is 10.9 Å². The number of anilines is 2. The van der Waals surface area contributed by atoms with E-state index < -0.39 is 0 Å². The second-order valence-electron chi connectivity index (χ2n) is 4.81. The third-order valence-corrected chi connectivity index (χ3v) is 4.63. The third-order valence-electron chi connectivity index (χ3n) is 3.51. The summed E-state index contributed by atoms with van der Waals surface area (Å²) in [5.74, 6) is 0.354. The summed E-state index contributed by atoms with van der Waals surface area (Å²) in [5, 5.41) is 0.881. The summed E-state index contributed by atoms with van der Waals surface area (Å²) in [5.41, 5.74) is 5.91. The van der Waals surface area contributed by atoms with E-state index in [-0.39, 0.29) is 5.91 Å². The van der Waals surface area contributed by atoms with Crippen LogP contribution in [0.2, 0.25) is 0 Å². The molecule has 7 heteroatoms. The van der Waals surface area contributed by atoms with Gasteiger partial charge in [0.05, 0.1) is 13.2 Å². The number of aromatic nitrogens is 1. The fourth-order valence-electron chi connectivity index (χ4n) is 2.43. The van der Waals surface area contributed by atoms with Crippen molar-refractivity contribution in [3.8, 4) is 0 Å². The zero-order valence-electron chi connectivity index (χ0n) is 10.8. The SMILES string of the molecule is Nc1nc(N2CCCC2)sc1C(=O)N1CCOCC1. The summed E-state index contributed by atoms with van der Waals surface area (Å²) >= 11 is 1.42. The van der Waals surface area contributed by atoms with Gasteiger partial charge in [0, 0.05) is 26.2 Å². The molecule has 0 radical (unpaired) electrons. The van der Waals surface area contributed by atoms with Crippen molar-refractivity contribution in [3.63, 3.8) is 0 Å². The number of nitrogen functional groups attached to an aromatic ring is 1. The molecule has 2 saturated heterocycles. The van der Waals surface area contributed by atoms with Crippen molar-refractivity contribution in [2.24, 2.45) is 0 Å². The van der Waals surface area contributed by atoms with Gasteiger partial charge in [-0.15, -0.1) is 0 Å². The Morgan fingerprint density at radius 1 is 1.21 bits per heavy atom. The number of ether oxygens (including phenoxy) is 1. The highest BCUT2D eigenvalue weighted by Crippen LogP contribution is 2.31. The monoisotopic (exact) mass is 282 g/mol. The fraction of sp³-hybridized carbons (Fsp3) is 0.667. The molecule has 104 valence electrons. The molecule has 2 aliphatic heterocycles. The van der Waals surface area contributed by atoms with Crippen LogP contribution in [-0.4, -0.2) is 55.2 Å². The van der Waals surface area contributed by atoms with E-state index in [1.807, 2.05) is 0 Å². The second-order valence-corrected chi connectivity index (χ2v) is 5.79. The van der Waals surface area contributed by atoms with Crippen LogP contribution in [0.3, 0.4) is 0 Å². The van der Waals surface area contributed by atoms with E-state index in [9.17, 15) is 4.79 Å². The number of carbonyl (C=O) groups is 1. The lowest BCUT2D eigenvalue weighted by Crippen LogP contribution is -2.40. The zero-order valence-corrected chi connectivity index (χ0v) is 11.6. The topological polar surface area (TPSA) is 71.7 Å². The number of hydrogen-bond donors (Lipinski definition) is 1. The van der Waals surface area contributed by atoms with Crippen LogP contribution >= 0.6 is 11.3 Å². The van der Waals surface area contributed by atoms with Gasteiger partial charge in [0.25, 0.3) is 5.91 Å². The molecule has 3 heterocycles. The van der Waals surface area contributed by atoms with Crippen molar-refractivity contribution in [2.45, 2.75) is 12.8 Å². The maximum absolute atomic E-state index is 12.4. The van der Waals surface area contributed by atoms with E-state index in [0.29, 0.717) is 37.0 Å². The van der Waals surface area contributed by atoms with Crippen LogP contribution in [0.25, 0.3) is 0 Å². The summed E-state index contributed by atoms with van der Waals surface area (Å²) in [6.45, 7) is 4.49. The predicted octanol–water partition coefficient (Wildman–Crippen LogP) is 0.798. The minimum atomic E-state index is -0.0104. The van der Waals surface area contributed by atoms with Gasteiger partial charge >= 0.3 is 0 Å². The fourth-order valence-corrected chi connectivity index (χ4v) is 3.43. The Bertz CT molecular complexity index is 464. The lowest BCUT2D eigenvalue weighted by atomic mass is 10.3. The van der Waals surface area contributed by atoms with Gasteiger partial charge in [-0.2, -0.15) is 0 Å². The molecular formula is C12H18N4O2S. The maximum Gasteiger partial charge on any atom is 0.268 e. The summed E-state index contributed by atoms with van der Waals surface area (Å²) in [6, 6.07) is 0. The molecule has 1 aromatic heterocycles. The third kappa shape index (κ3) is 2.52. The van der Waals surface area contributed by atoms with Crippen molar-refractivity contribution in [3.05, 3.63) is 4.88 Å². The van der Waals surface area contributed by atoms with Gasteiger partial charge in [0.15, 0.2) is 5.13 Å². The average molecular weight is 282 g/mol. The zero-order chi connectivity index (χ0) is 13.2. The number of morpholine rings is 1. The lowest BCUT2D eigenvalue weighted by molar-refractivity contribution is 0.0306. The Morgan fingerprint density at radius 3 is 2.58 bits per heavy atom. The van der Waals surface area contributed by atoms with Gasteiger partial charge in [-0.3, -0.25) is 4.79 Å². The van der Waals surface area contributed by atoms with Crippen molar-refractivity contribution in [1.82, 2.24) is 9.88 Å². The van der Waals surface area contributed by atoms with Crippen molar-refractivity contribution in [2.75, 3.05) is 50.0 Å². The van der Waals surface area contributed by atoms with Gasteiger partial charge in [-0.05, 0) is 12.8 Å². The molecule has 2 N–H and O–H groups in total. The number of amides is 1. The number of hydrogen-bond acceptors (Lipinski definition) is 6. The maximum atomic E-state index is 12.4. The van der Waals surface area contributed by atoms with Crippen LogP contribution in [0.5, 0.6) is 0 Å². The number of rotatable bonds is 2. The van der Waals surface area contributed by atoms with Gasteiger partial charge in [0.1, 0.15) is 10.7 Å². The van der Waals surface area contributed by atoms with Gasteiger partial charge in [0.2, 0.25) is 0 Å². The first-order valence-corrected chi connectivity index (χ1v) is 7.45. The molecule has 0 aromatic carbocycles. The lowest BCUT2D eigenvalue weighted by Gasteiger charge is -2.26. The Morgan fingerprint density at radius 2 is 1.89 bits per heavy atom. The van der Waals surface area contributed by atoms with Crippen molar-refractivity contribution in [1.29, 1.82) is 0 Å². The second kappa shape index (κ2) is 5.34.